The van der Waals surface area contributed by atoms with E-state index in [0.717, 1.165) is 11.9 Å². The molecule has 1 fully saturated rings. The summed E-state index contributed by atoms with van der Waals surface area (Å²) in [6.07, 6.45) is -3.91. The van der Waals surface area contributed by atoms with Gasteiger partial charge in [-0.2, -0.15) is 18.3 Å². The van der Waals surface area contributed by atoms with Crippen LogP contribution in [-0.2, 0) is 6.18 Å². The van der Waals surface area contributed by atoms with Crippen LogP contribution in [0.1, 0.15) is 16.1 Å². The smallest absolute Gasteiger partial charge is 0.434 e. The molecule has 0 unspecified atom stereocenters. The van der Waals surface area contributed by atoms with Crippen LogP contribution in [0.5, 0.6) is 5.88 Å². The maximum Gasteiger partial charge on any atom is 0.434 e. The van der Waals surface area contributed by atoms with E-state index >= 15 is 0 Å². The van der Waals surface area contributed by atoms with E-state index in [2.05, 4.69) is 15.3 Å². The Balaban J connectivity index is 1.56. The first-order valence-corrected chi connectivity index (χ1v) is 9.99. The van der Waals surface area contributed by atoms with Crippen molar-refractivity contribution < 1.29 is 22.7 Å². The lowest BCUT2D eigenvalue weighted by molar-refractivity contribution is -0.143. The number of carbonyl (C=O) groups excluding carboxylic acids is 1. The van der Waals surface area contributed by atoms with E-state index in [1.165, 1.54) is 24.1 Å². The molecule has 0 bridgehead atoms. The summed E-state index contributed by atoms with van der Waals surface area (Å²) in [5, 5.41) is 11.8. The lowest BCUT2D eigenvalue weighted by Crippen LogP contribution is -2.49. The minimum absolute atomic E-state index is 0.143. The van der Waals surface area contributed by atoms with E-state index < -0.39 is 23.3 Å². The molecule has 0 spiro atoms. The highest BCUT2D eigenvalue weighted by molar-refractivity contribution is 6.30. The Kier molecular flexibility index (Phi) is 5.92. The van der Waals surface area contributed by atoms with Crippen molar-refractivity contribution in [3.8, 4) is 11.7 Å². The number of hydrogen-bond donors (Lipinski definition) is 0. The summed E-state index contributed by atoms with van der Waals surface area (Å²) in [6.45, 7) is 1.50. The predicted octanol–water partition coefficient (Wildman–Crippen LogP) is 3.31. The lowest BCUT2D eigenvalue weighted by Gasteiger charge is -2.36. The van der Waals surface area contributed by atoms with Crippen molar-refractivity contribution in [2.45, 2.75) is 6.18 Å². The van der Waals surface area contributed by atoms with Crippen LogP contribution in [0.3, 0.4) is 0 Å². The summed E-state index contributed by atoms with van der Waals surface area (Å²) in [4.78, 5) is 16.4. The number of nitrogens with zero attached hydrogens (tertiary/aromatic N) is 6. The number of ether oxygens (including phenoxy) is 1. The Hall–Kier alpha value is -3.34. The maximum absolute atomic E-state index is 13.9. The zero-order valence-corrected chi connectivity index (χ0v) is 17.6. The molecule has 8 nitrogen and oxygen atoms in total. The van der Waals surface area contributed by atoms with E-state index in [1.807, 2.05) is 17.0 Å². The molecule has 3 heterocycles. The van der Waals surface area contributed by atoms with Crippen molar-refractivity contribution in [2.75, 3.05) is 38.2 Å². The molecule has 0 atom stereocenters. The van der Waals surface area contributed by atoms with E-state index in [1.54, 1.807) is 12.1 Å². The van der Waals surface area contributed by atoms with Crippen molar-refractivity contribution in [3.63, 3.8) is 0 Å². The third kappa shape index (κ3) is 4.33. The summed E-state index contributed by atoms with van der Waals surface area (Å²) in [5.41, 5.74) is -0.791. The number of anilines is 1. The molecule has 0 aliphatic carbocycles. The molecular weight excluding hydrogens is 449 g/mol. The molecule has 168 valence electrons. The quantitative estimate of drug-likeness (QED) is 0.587. The number of carbonyl (C=O) groups is 1. The highest BCUT2D eigenvalue weighted by atomic mass is 35.5. The highest BCUT2D eigenvalue weighted by Crippen LogP contribution is 2.34. The van der Waals surface area contributed by atoms with Gasteiger partial charge >= 0.3 is 6.18 Å². The van der Waals surface area contributed by atoms with Crippen LogP contribution in [0.2, 0.25) is 5.02 Å². The Morgan fingerprint density at radius 2 is 1.72 bits per heavy atom. The summed E-state index contributed by atoms with van der Waals surface area (Å²) >= 11 is 5.91. The summed E-state index contributed by atoms with van der Waals surface area (Å²) in [7, 11) is 1.36. The minimum Gasteiger partial charge on any atom is -0.480 e. The fraction of sp³-hybridized carbons (Fsp3) is 0.300. The van der Waals surface area contributed by atoms with Gasteiger partial charge in [0, 0.05) is 43.0 Å². The first kappa shape index (κ1) is 21.9. The monoisotopic (exact) mass is 466 g/mol. The Morgan fingerprint density at radius 3 is 2.28 bits per heavy atom. The maximum atomic E-state index is 13.9. The molecule has 3 aromatic rings. The molecule has 1 saturated heterocycles. The van der Waals surface area contributed by atoms with Gasteiger partial charge in [-0.25, -0.2) is 4.68 Å². The summed E-state index contributed by atoms with van der Waals surface area (Å²) in [5.74, 6) is -0.769. The van der Waals surface area contributed by atoms with Gasteiger partial charge in [0.2, 0.25) is 5.88 Å². The number of halogens is 4. The molecule has 2 aromatic heterocycles. The number of amides is 1. The second-order valence-electron chi connectivity index (χ2n) is 7.01. The van der Waals surface area contributed by atoms with Crippen molar-refractivity contribution in [2.24, 2.45) is 0 Å². The summed E-state index contributed by atoms with van der Waals surface area (Å²) < 4.78 is 47.1. The van der Waals surface area contributed by atoms with Crippen LogP contribution >= 0.6 is 11.6 Å². The Bertz CT molecular complexity index is 1090. The second kappa shape index (κ2) is 8.65. The van der Waals surface area contributed by atoms with Crippen molar-refractivity contribution in [1.82, 2.24) is 24.9 Å². The fourth-order valence-electron chi connectivity index (χ4n) is 3.48. The van der Waals surface area contributed by atoms with Gasteiger partial charge in [-0.15, -0.1) is 10.2 Å². The molecule has 32 heavy (non-hydrogen) atoms. The van der Waals surface area contributed by atoms with Crippen molar-refractivity contribution in [1.29, 1.82) is 0 Å². The van der Waals surface area contributed by atoms with Gasteiger partial charge in [0.1, 0.15) is 0 Å². The third-order valence-corrected chi connectivity index (χ3v) is 5.33. The highest BCUT2D eigenvalue weighted by Gasteiger charge is 2.42. The molecule has 0 saturated carbocycles. The predicted molar refractivity (Wildman–Crippen MR) is 110 cm³/mol. The van der Waals surface area contributed by atoms with Gasteiger partial charge in [-0.05, 0) is 30.3 Å². The van der Waals surface area contributed by atoms with Gasteiger partial charge in [0.25, 0.3) is 5.91 Å². The zero-order chi connectivity index (χ0) is 22.9. The van der Waals surface area contributed by atoms with Gasteiger partial charge in [0.05, 0.1) is 18.9 Å². The molecule has 1 aliphatic heterocycles. The van der Waals surface area contributed by atoms with Gasteiger partial charge < -0.3 is 14.5 Å². The number of methoxy groups -OCH3 is 1. The van der Waals surface area contributed by atoms with Crippen LogP contribution < -0.4 is 9.64 Å². The number of rotatable bonds is 4. The molecule has 1 aromatic carbocycles. The summed E-state index contributed by atoms with van der Waals surface area (Å²) in [6, 6.07) is 9.90. The van der Waals surface area contributed by atoms with E-state index in [9.17, 15) is 18.0 Å². The molecular formula is C20H18ClF3N6O2. The largest absolute Gasteiger partial charge is 0.480 e. The number of piperazine rings is 1. The second-order valence-corrected chi connectivity index (χ2v) is 7.44. The van der Waals surface area contributed by atoms with E-state index in [-0.39, 0.29) is 24.8 Å². The number of benzene rings is 1. The fourth-order valence-corrected chi connectivity index (χ4v) is 3.60. The SMILES string of the molecule is COc1ccc(-n2ncc(C(=O)N3CCN(c4ccc(Cl)cc4)CC3)c2C(F)(F)F)nn1. The van der Waals surface area contributed by atoms with Gasteiger partial charge in [-0.3, -0.25) is 4.79 Å². The molecule has 4 rings (SSSR count). The van der Waals surface area contributed by atoms with Crippen LogP contribution in [0.15, 0.2) is 42.6 Å². The first-order valence-electron chi connectivity index (χ1n) is 9.61. The van der Waals surface area contributed by atoms with Gasteiger partial charge in [0.15, 0.2) is 11.5 Å². The van der Waals surface area contributed by atoms with Crippen LogP contribution in [0, 0.1) is 0 Å². The van der Waals surface area contributed by atoms with E-state index in [0.29, 0.717) is 22.8 Å². The standard InChI is InChI=1S/C20H18ClF3N6O2/c1-32-17-7-6-16(26-27-17)30-18(20(22,23)24)15(12-25-30)19(31)29-10-8-28(9-11-29)14-4-2-13(21)3-5-14/h2-7,12H,8-11H2,1H3. The van der Waals surface area contributed by atoms with Crippen molar-refractivity contribution >= 4 is 23.2 Å². The van der Waals surface area contributed by atoms with Crippen LogP contribution in [0.4, 0.5) is 18.9 Å². The lowest BCUT2D eigenvalue weighted by atomic mass is 10.1. The Morgan fingerprint density at radius 1 is 1.03 bits per heavy atom. The topological polar surface area (TPSA) is 76.4 Å². The first-order chi connectivity index (χ1) is 15.3. The molecule has 1 aliphatic rings. The molecule has 0 radical (unpaired) electrons. The molecule has 0 N–H and O–H groups in total. The third-order valence-electron chi connectivity index (χ3n) is 5.08. The Labute approximate surface area is 186 Å². The molecule has 1 amide bonds. The number of aromatic nitrogens is 4. The van der Waals surface area contributed by atoms with Crippen LogP contribution in [-0.4, -0.2) is 64.1 Å². The minimum atomic E-state index is -4.83. The number of alkyl halides is 3. The number of hydrogen-bond acceptors (Lipinski definition) is 6. The average Bonchev–Trinajstić information content (AvgIpc) is 3.25. The normalized spacial score (nSPS) is 14.5. The van der Waals surface area contributed by atoms with Crippen LogP contribution in [0.25, 0.3) is 5.82 Å². The molecule has 12 heteroatoms. The van der Waals surface area contributed by atoms with Crippen molar-refractivity contribution in [3.05, 3.63) is 58.9 Å². The van der Waals surface area contributed by atoms with E-state index in [4.69, 9.17) is 16.3 Å². The average molecular weight is 467 g/mol. The van der Waals surface area contributed by atoms with Gasteiger partial charge in [-0.1, -0.05) is 11.6 Å². The zero-order valence-electron chi connectivity index (χ0n) is 16.9.